The molecule has 1 aromatic heterocycles. The molecule has 3 rings (SSSR count). The Labute approximate surface area is 144 Å². The van der Waals surface area contributed by atoms with Crippen LogP contribution >= 0.6 is 11.6 Å². The Balaban J connectivity index is 1.55. The van der Waals surface area contributed by atoms with Gasteiger partial charge in [-0.25, -0.2) is 0 Å². The van der Waals surface area contributed by atoms with Crippen molar-refractivity contribution in [3.05, 3.63) is 35.5 Å². The minimum absolute atomic E-state index is 0.00179. The molecule has 0 spiro atoms. The summed E-state index contributed by atoms with van der Waals surface area (Å²) < 4.78 is 5.54. The first kappa shape index (κ1) is 16.5. The number of halogens is 1. The van der Waals surface area contributed by atoms with Gasteiger partial charge in [0, 0.05) is 24.7 Å². The molecule has 1 aliphatic rings. The fourth-order valence-electron chi connectivity index (χ4n) is 2.68. The third kappa shape index (κ3) is 3.76. The molecule has 7 heteroatoms. The van der Waals surface area contributed by atoms with E-state index < -0.39 is 0 Å². The molecule has 0 unspecified atom stereocenters. The molecular weight excluding hydrogens is 330 g/mol. The summed E-state index contributed by atoms with van der Waals surface area (Å²) >= 11 is 6.12. The first-order valence-electron chi connectivity index (χ1n) is 7.85. The van der Waals surface area contributed by atoms with Crippen molar-refractivity contribution in [2.45, 2.75) is 12.8 Å². The molecule has 0 radical (unpaired) electrons. The zero-order valence-corrected chi connectivity index (χ0v) is 13.9. The average Bonchev–Trinajstić information content (AvgIpc) is 3.14. The number of pyridine rings is 1. The van der Waals surface area contributed by atoms with Crippen LogP contribution in [0.1, 0.15) is 12.8 Å². The van der Waals surface area contributed by atoms with Crippen molar-refractivity contribution >= 4 is 34.3 Å². The second-order valence-electron chi connectivity index (χ2n) is 5.60. The SMILES string of the molecule is O=C(COc1ccc(Cl)c2cccnc12)NCC(=O)N1CCCC1. The number of ether oxygens (including phenoxy) is 1. The topological polar surface area (TPSA) is 71.5 Å². The quantitative estimate of drug-likeness (QED) is 0.898. The minimum Gasteiger partial charge on any atom is -0.481 e. The Morgan fingerprint density at radius 2 is 2.04 bits per heavy atom. The molecule has 2 amide bonds. The van der Waals surface area contributed by atoms with E-state index in [0.717, 1.165) is 31.3 Å². The second kappa shape index (κ2) is 7.49. The maximum Gasteiger partial charge on any atom is 0.258 e. The average molecular weight is 348 g/mol. The first-order chi connectivity index (χ1) is 11.6. The minimum atomic E-state index is -0.346. The van der Waals surface area contributed by atoms with E-state index in [1.807, 2.05) is 6.07 Å². The fraction of sp³-hybridized carbons (Fsp3) is 0.353. The molecule has 0 aliphatic carbocycles. The predicted octanol–water partition coefficient (Wildman–Crippen LogP) is 2.01. The van der Waals surface area contributed by atoms with Crippen LogP contribution in [0.4, 0.5) is 0 Å². The number of aromatic nitrogens is 1. The Morgan fingerprint density at radius 1 is 1.25 bits per heavy atom. The molecule has 0 saturated carbocycles. The van der Waals surface area contributed by atoms with Crippen LogP contribution in [0, 0.1) is 0 Å². The summed E-state index contributed by atoms with van der Waals surface area (Å²) in [6, 6.07) is 7.01. The number of rotatable bonds is 5. The highest BCUT2D eigenvalue weighted by molar-refractivity contribution is 6.35. The molecule has 0 atom stereocenters. The number of carbonyl (C=O) groups is 2. The number of nitrogens with zero attached hydrogens (tertiary/aromatic N) is 2. The number of likely N-dealkylation sites (tertiary alicyclic amines) is 1. The van der Waals surface area contributed by atoms with Gasteiger partial charge in [-0.3, -0.25) is 14.6 Å². The van der Waals surface area contributed by atoms with Gasteiger partial charge in [-0.05, 0) is 37.1 Å². The third-order valence-electron chi connectivity index (χ3n) is 3.93. The Hall–Kier alpha value is -2.34. The molecule has 126 valence electrons. The van der Waals surface area contributed by atoms with Gasteiger partial charge in [-0.1, -0.05) is 11.6 Å². The van der Waals surface area contributed by atoms with E-state index in [1.54, 1.807) is 29.3 Å². The number of hydrogen-bond acceptors (Lipinski definition) is 4. The van der Waals surface area contributed by atoms with Crippen LogP contribution in [0.2, 0.25) is 5.02 Å². The number of benzene rings is 1. The van der Waals surface area contributed by atoms with Crippen molar-refractivity contribution < 1.29 is 14.3 Å². The van der Waals surface area contributed by atoms with Crippen LogP contribution in [-0.4, -0.2) is 47.9 Å². The highest BCUT2D eigenvalue weighted by Crippen LogP contribution is 2.29. The van der Waals surface area contributed by atoms with Crippen LogP contribution in [0.5, 0.6) is 5.75 Å². The highest BCUT2D eigenvalue weighted by atomic mass is 35.5. The number of fused-ring (bicyclic) bond motifs is 1. The lowest BCUT2D eigenvalue weighted by molar-refractivity contribution is -0.132. The molecule has 2 heterocycles. The number of hydrogen-bond donors (Lipinski definition) is 1. The summed E-state index contributed by atoms with van der Waals surface area (Å²) in [5.41, 5.74) is 0.603. The molecule has 1 N–H and O–H groups in total. The van der Waals surface area contributed by atoms with Gasteiger partial charge in [-0.2, -0.15) is 0 Å². The van der Waals surface area contributed by atoms with Gasteiger partial charge >= 0.3 is 0 Å². The molecule has 1 fully saturated rings. The molecule has 24 heavy (non-hydrogen) atoms. The van der Waals surface area contributed by atoms with E-state index in [1.165, 1.54) is 0 Å². The second-order valence-corrected chi connectivity index (χ2v) is 6.01. The standard InChI is InChI=1S/C17H18ClN3O3/c18-13-5-6-14(17-12(13)4-3-7-19-17)24-11-15(22)20-10-16(23)21-8-1-2-9-21/h3-7H,1-2,8-11H2,(H,20,22). The lowest BCUT2D eigenvalue weighted by Crippen LogP contribution is -2.40. The zero-order chi connectivity index (χ0) is 16.9. The van der Waals surface area contributed by atoms with Crippen molar-refractivity contribution in [3.63, 3.8) is 0 Å². The maximum atomic E-state index is 11.9. The lowest BCUT2D eigenvalue weighted by atomic mass is 10.2. The van der Waals surface area contributed by atoms with Crippen LogP contribution in [0.15, 0.2) is 30.5 Å². The van der Waals surface area contributed by atoms with E-state index in [2.05, 4.69) is 10.3 Å². The molecule has 2 aromatic rings. The normalized spacial score (nSPS) is 14.0. The zero-order valence-electron chi connectivity index (χ0n) is 13.1. The van der Waals surface area contributed by atoms with Crippen molar-refractivity contribution in [1.29, 1.82) is 0 Å². The lowest BCUT2D eigenvalue weighted by Gasteiger charge is -2.15. The summed E-state index contributed by atoms with van der Waals surface area (Å²) in [6.45, 7) is 1.36. The van der Waals surface area contributed by atoms with Gasteiger partial charge in [0.15, 0.2) is 6.61 Å². The molecule has 6 nitrogen and oxygen atoms in total. The van der Waals surface area contributed by atoms with Crippen LogP contribution in [-0.2, 0) is 9.59 Å². The number of amides is 2. The molecule has 1 aromatic carbocycles. The van der Waals surface area contributed by atoms with Gasteiger partial charge in [0.25, 0.3) is 5.91 Å². The predicted molar refractivity (Wildman–Crippen MR) is 91.1 cm³/mol. The molecule has 1 aliphatic heterocycles. The third-order valence-corrected chi connectivity index (χ3v) is 4.26. The smallest absolute Gasteiger partial charge is 0.258 e. The summed E-state index contributed by atoms with van der Waals surface area (Å²) in [6.07, 6.45) is 3.69. The van der Waals surface area contributed by atoms with Crippen LogP contribution < -0.4 is 10.1 Å². The summed E-state index contributed by atoms with van der Waals surface area (Å²) in [7, 11) is 0. The van der Waals surface area contributed by atoms with E-state index in [4.69, 9.17) is 16.3 Å². The van der Waals surface area contributed by atoms with E-state index in [0.29, 0.717) is 16.3 Å². The van der Waals surface area contributed by atoms with E-state index in [-0.39, 0.29) is 25.0 Å². The van der Waals surface area contributed by atoms with Crippen molar-refractivity contribution in [1.82, 2.24) is 15.2 Å². The Morgan fingerprint density at radius 3 is 2.83 bits per heavy atom. The molecule has 1 saturated heterocycles. The molecular formula is C17H18ClN3O3. The van der Waals surface area contributed by atoms with Crippen molar-refractivity contribution in [2.24, 2.45) is 0 Å². The van der Waals surface area contributed by atoms with E-state index >= 15 is 0 Å². The summed E-state index contributed by atoms with van der Waals surface area (Å²) in [4.78, 5) is 29.8. The van der Waals surface area contributed by atoms with Crippen molar-refractivity contribution in [2.75, 3.05) is 26.2 Å². The summed E-state index contributed by atoms with van der Waals surface area (Å²) in [5.74, 6) is 0.0806. The van der Waals surface area contributed by atoms with Crippen LogP contribution in [0.25, 0.3) is 10.9 Å². The van der Waals surface area contributed by atoms with Gasteiger partial charge in [0.1, 0.15) is 11.3 Å². The Bertz CT molecular complexity index is 760. The van der Waals surface area contributed by atoms with Gasteiger partial charge < -0.3 is 15.0 Å². The van der Waals surface area contributed by atoms with Gasteiger partial charge in [0.05, 0.1) is 11.6 Å². The van der Waals surface area contributed by atoms with Crippen molar-refractivity contribution in [3.8, 4) is 5.75 Å². The van der Waals surface area contributed by atoms with E-state index in [9.17, 15) is 9.59 Å². The number of carbonyl (C=O) groups excluding carboxylic acids is 2. The largest absolute Gasteiger partial charge is 0.481 e. The maximum absolute atomic E-state index is 11.9. The number of nitrogens with one attached hydrogen (secondary N) is 1. The highest BCUT2D eigenvalue weighted by Gasteiger charge is 2.18. The fourth-order valence-corrected chi connectivity index (χ4v) is 2.89. The molecule has 0 bridgehead atoms. The monoisotopic (exact) mass is 347 g/mol. The first-order valence-corrected chi connectivity index (χ1v) is 8.23. The van der Waals surface area contributed by atoms with Gasteiger partial charge in [-0.15, -0.1) is 0 Å². The van der Waals surface area contributed by atoms with Crippen LogP contribution in [0.3, 0.4) is 0 Å². The van der Waals surface area contributed by atoms with Gasteiger partial charge in [0.2, 0.25) is 5.91 Å². The summed E-state index contributed by atoms with van der Waals surface area (Å²) in [5, 5.41) is 3.93. The Kier molecular flexibility index (Phi) is 5.15.